The average molecular weight is 534 g/mol. The highest BCUT2D eigenvalue weighted by Gasteiger charge is 2.15. The lowest BCUT2D eigenvalue weighted by Gasteiger charge is -2.06. The lowest BCUT2D eigenvalue weighted by atomic mass is 10.0. The maximum atomic E-state index is 13.4. The van der Waals surface area contributed by atoms with E-state index in [1.807, 2.05) is 92.0 Å². The van der Waals surface area contributed by atoms with Crippen molar-refractivity contribution in [3.8, 4) is 22.7 Å². The first-order chi connectivity index (χ1) is 19.0. The van der Waals surface area contributed by atoms with Crippen LogP contribution in [0, 0.1) is 6.92 Å². The van der Waals surface area contributed by atoms with E-state index in [0.29, 0.717) is 16.6 Å². The van der Waals surface area contributed by atoms with E-state index in [-0.39, 0.29) is 16.2 Å². The summed E-state index contributed by atoms with van der Waals surface area (Å²) in [7, 11) is 1.64. The quantitative estimate of drug-likeness (QED) is 0.323. The number of thiazole rings is 1. The summed E-state index contributed by atoms with van der Waals surface area (Å²) in [6.45, 7) is 1.98. The second kappa shape index (κ2) is 10.1. The van der Waals surface area contributed by atoms with Gasteiger partial charge in [-0.15, -0.1) is 0 Å². The highest BCUT2D eigenvalue weighted by atomic mass is 32.1. The Morgan fingerprint density at radius 2 is 1.69 bits per heavy atom. The molecule has 3 aromatic carbocycles. The summed E-state index contributed by atoms with van der Waals surface area (Å²) in [6, 6.07) is 25.1. The first-order valence-corrected chi connectivity index (χ1v) is 13.1. The number of aromatic nitrogens is 5. The van der Waals surface area contributed by atoms with Crippen LogP contribution in [-0.4, -0.2) is 31.5 Å². The van der Waals surface area contributed by atoms with Crippen LogP contribution < -0.4 is 20.4 Å². The van der Waals surface area contributed by atoms with Crippen molar-refractivity contribution in [2.24, 2.45) is 0 Å². The molecule has 0 bridgehead atoms. The SMILES string of the molecule is COc1ccc(-c2nn(-c3ccccc3)cc2/C=c2\sc3nc(=O)c(Cc4ccccc4)nn3c2=O)cc1C. The Morgan fingerprint density at radius 1 is 0.949 bits per heavy atom. The molecule has 0 aliphatic carbocycles. The molecule has 6 rings (SSSR count). The Hall–Kier alpha value is -4.89. The van der Waals surface area contributed by atoms with Gasteiger partial charge in [-0.1, -0.05) is 59.9 Å². The zero-order valence-corrected chi connectivity index (χ0v) is 22.1. The van der Waals surface area contributed by atoms with E-state index in [1.54, 1.807) is 17.9 Å². The standard InChI is InChI=1S/C30H23N5O3S/c1-19-15-21(13-14-25(19)38-2)27-22(18-34(33-27)23-11-7-4-8-12-23)17-26-29(37)35-30(39-26)31-28(36)24(32-35)16-20-9-5-3-6-10-20/h3-15,17-18H,16H2,1-2H3/b26-17-. The third-order valence-electron chi connectivity index (χ3n) is 6.38. The van der Waals surface area contributed by atoms with Gasteiger partial charge in [-0.25, -0.2) is 4.68 Å². The second-order valence-electron chi connectivity index (χ2n) is 9.03. The largest absolute Gasteiger partial charge is 0.496 e. The smallest absolute Gasteiger partial charge is 0.296 e. The molecule has 3 aromatic heterocycles. The highest BCUT2D eigenvalue weighted by molar-refractivity contribution is 7.15. The van der Waals surface area contributed by atoms with Crippen molar-refractivity contribution in [1.29, 1.82) is 0 Å². The predicted octanol–water partition coefficient (Wildman–Crippen LogP) is 3.82. The maximum absolute atomic E-state index is 13.4. The molecule has 0 saturated carbocycles. The monoisotopic (exact) mass is 533 g/mol. The van der Waals surface area contributed by atoms with E-state index in [4.69, 9.17) is 9.84 Å². The number of methoxy groups -OCH3 is 1. The molecule has 0 saturated heterocycles. The number of ether oxygens (including phenoxy) is 1. The Balaban J connectivity index is 1.50. The van der Waals surface area contributed by atoms with E-state index in [1.165, 1.54) is 4.52 Å². The van der Waals surface area contributed by atoms with E-state index in [9.17, 15) is 9.59 Å². The summed E-state index contributed by atoms with van der Waals surface area (Å²) < 4.78 is 8.84. The lowest BCUT2D eigenvalue weighted by molar-refractivity contribution is 0.412. The van der Waals surface area contributed by atoms with E-state index >= 15 is 0 Å². The van der Waals surface area contributed by atoms with Gasteiger partial charge >= 0.3 is 0 Å². The fourth-order valence-corrected chi connectivity index (χ4v) is 5.33. The van der Waals surface area contributed by atoms with Crippen LogP contribution in [0.4, 0.5) is 0 Å². The minimum Gasteiger partial charge on any atom is -0.496 e. The molecule has 0 amide bonds. The number of benzene rings is 3. The first-order valence-electron chi connectivity index (χ1n) is 12.3. The summed E-state index contributed by atoms with van der Waals surface area (Å²) in [4.78, 5) is 30.5. The van der Waals surface area contributed by atoms with Crippen molar-refractivity contribution in [3.05, 3.63) is 133 Å². The summed E-state index contributed by atoms with van der Waals surface area (Å²) in [6.07, 6.45) is 3.97. The molecule has 0 spiro atoms. The van der Waals surface area contributed by atoms with Crippen molar-refractivity contribution in [3.63, 3.8) is 0 Å². The molecular weight excluding hydrogens is 510 g/mol. The Kier molecular flexibility index (Phi) is 6.34. The van der Waals surface area contributed by atoms with Crippen molar-refractivity contribution in [2.45, 2.75) is 13.3 Å². The molecule has 192 valence electrons. The normalized spacial score (nSPS) is 11.8. The van der Waals surface area contributed by atoms with Gasteiger partial charge in [-0.3, -0.25) is 9.59 Å². The molecule has 0 aliphatic heterocycles. The van der Waals surface area contributed by atoms with Gasteiger partial charge in [-0.05, 0) is 54.5 Å². The Morgan fingerprint density at radius 3 is 2.41 bits per heavy atom. The topological polar surface area (TPSA) is 91.4 Å². The van der Waals surface area contributed by atoms with E-state index < -0.39 is 5.56 Å². The minimum atomic E-state index is -0.432. The third-order valence-corrected chi connectivity index (χ3v) is 7.34. The molecule has 0 atom stereocenters. The highest BCUT2D eigenvalue weighted by Crippen LogP contribution is 2.29. The van der Waals surface area contributed by atoms with Gasteiger partial charge in [0.2, 0.25) is 4.96 Å². The number of hydrogen-bond acceptors (Lipinski definition) is 7. The predicted molar refractivity (Wildman–Crippen MR) is 152 cm³/mol. The van der Waals surface area contributed by atoms with Gasteiger partial charge in [0.15, 0.2) is 0 Å². The van der Waals surface area contributed by atoms with Gasteiger partial charge in [-0.2, -0.15) is 19.7 Å². The number of rotatable bonds is 6. The van der Waals surface area contributed by atoms with E-state index in [2.05, 4.69) is 10.1 Å². The van der Waals surface area contributed by atoms with Crippen LogP contribution in [0.15, 0.2) is 94.6 Å². The summed E-state index contributed by atoms with van der Waals surface area (Å²) in [5.74, 6) is 0.784. The molecule has 9 heteroatoms. The minimum absolute atomic E-state index is 0.228. The number of hydrogen-bond donors (Lipinski definition) is 0. The molecule has 0 fully saturated rings. The fraction of sp³-hybridized carbons (Fsp3) is 0.100. The van der Waals surface area contributed by atoms with Crippen molar-refractivity contribution in [1.82, 2.24) is 24.4 Å². The maximum Gasteiger partial charge on any atom is 0.296 e. The lowest BCUT2D eigenvalue weighted by Crippen LogP contribution is -2.28. The Labute approximate surface area is 227 Å². The van der Waals surface area contributed by atoms with Crippen LogP contribution >= 0.6 is 11.3 Å². The van der Waals surface area contributed by atoms with Crippen molar-refractivity contribution in [2.75, 3.05) is 7.11 Å². The molecular formula is C30H23N5O3S. The molecule has 8 nitrogen and oxygen atoms in total. The Bertz CT molecular complexity index is 1980. The van der Waals surface area contributed by atoms with Gasteiger partial charge in [0.25, 0.3) is 11.1 Å². The number of nitrogens with zero attached hydrogens (tertiary/aromatic N) is 5. The van der Waals surface area contributed by atoms with Crippen molar-refractivity contribution >= 4 is 22.4 Å². The van der Waals surface area contributed by atoms with Gasteiger partial charge in [0.1, 0.15) is 17.1 Å². The fourth-order valence-electron chi connectivity index (χ4n) is 4.44. The first kappa shape index (κ1) is 24.4. The second-order valence-corrected chi connectivity index (χ2v) is 10.0. The van der Waals surface area contributed by atoms with Crippen LogP contribution in [0.25, 0.3) is 28.0 Å². The number of fused-ring (bicyclic) bond motifs is 1. The number of para-hydroxylation sites is 1. The molecule has 0 aliphatic rings. The summed E-state index contributed by atoms with van der Waals surface area (Å²) in [5.41, 5.74) is 4.59. The van der Waals surface area contributed by atoms with Crippen molar-refractivity contribution < 1.29 is 4.74 Å². The summed E-state index contributed by atoms with van der Waals surface area (Å²) >= 11 is 1.13. The van der Waals surface area contributed by atoms with Crippen LogP contribution in [0.5, 0.6) is 5.75 Å². The zero-order chi connectivity index (χ0) is 26.9. The molecule has 0 radical (unpaired) electrons. The van der Waals surface area contributed by atoms with Crippen LogP contribution in [0.3, 0.4) is 0 Å². The molecule has 0 N–H and O–H groups in total. The summed E-state index contributed by atoms with van der Waals surface area (Å²) in [5, 5.41) is 9.24. The van der Waals surface area contributed by atoms with Gasteiger partial charge in [0.05, 0.1) is 17.3 Å². The van der Waals surface area contributed by atoms with E-state index in [0.717, 1.165) is 45.0 Å². The molecule has 39 heavy (non-hydrogen) atoms. The molecule has 3 heterocycles. The molecule has 6 aromatic rings. The average Bonchev–Trinajstić information content (AvgIpc) is 3.51. The van der Waals surface area contributed by atoms with Crippen LogP contribution in [-0.2, 0) is 6.42 Å². The third kappa shape index (κ3) is 4.75. The molecule has 0 unspecified atom stereocenters. The zero-order valence-electron chi connectivity index (χ0n) is 21.2. The van der Waals surface area contributed by atoms with Gasteiger partial charge < -0.3 is 4.74 Å². The van der Waals surface area contributed by atoms with Crippen LogP contribution in [0.2, 0.25) is 0 Å². The number of aryl methyl sites for hydroxylation is 1. The van der Waals surface area contributed by atoms with Gasteiger partial charge in [0, 0.05) is 23.7 Å². The van der Waals surface area contributed by atoms with Crippen LogP contribution in [0.1, 0.15) is 22.4 Å².